The van der Waals surface area contributed by atoms with E-state index in [1.165, 1.54) is 11.1 Å². The van der Waals surface area contributed by atoms with E-state index in [2.05, 4.69) is 37.3 Å². The molecule has 0 N–H and O–H groups in total. The Labute approximate surface area is 102 Å². The summed E-state index contributed by atoms with van der Waals surface area (Å²) >= 11 is 0. The van der Waals surface area contributed by atoms with Crippen molar-refractivity contribution >= 4 is 16.2 Å². The molecule has 0 heterocycles. The van der Waals surface area contributed by atoms with Gasteiger partial charge in [0.1, 0.15) is 0 Å². The molecule has 0 bridgehead atoms. The second kappa shape index (κ2) is 4.63. The second-order valence-electron chi connectivity index (χ2n) is 4.54. The highest BCUT2D eigenvalue weighted by Crippen LogP contribution is 2.31. The summed E-state index contributed by atoms with van der Waals surface area (Å²) in [6.45, 7) is 2.05. The summed E-state index contributed by atoms with van der Waals surface area (Å²) in [7, 11) is -3.31. The number of benzene rings is 1. The van der Waals surface area contributed by atoms with Crippen LogP contribution >= 0.6 is 0 Å². The first-order valence-electron chi connectivity index (χ1n) is 5.57. The Morgan fingerprint density at radius 3 is 2.35 bits per heavy atom. The molecule has 17 heavy (non-hydrogen) atoms. The van der Waals surface area contributed by atoms with Gasteiger partial charge in [-0.2, -0.15) is 8.42 Å². The third-order valence-electron chi connectivity index (χ3n) is 2.74. The minimum atomic E-state index is -3.31. The van der Waals surface area contributed by atoms with Crippen molar-refractivity contribution in [3.8, 4) is 0 Å². The zero-order chi connectivity index (χ0) is 12.5. The van der Waals surface area contributed by atoms with Crippen LogP contribution in [0.2, 0.25) is 0 Å². The second-order valence-corrected chi connectivity index (χ2v) is 6.14. The maximum Gasteiger partial charge on any atom is 0.264 e. The molecule has 0 atom stereocenters. The van der Waals surface area contributed by atoms with Crippen LogP contribution < -0.4 is 0 Å². The van der Waals surface area contributed by atoms with E-state index in [0.717, 1.165) is 11.8 Å². The molecule has 92 valence electrons. The molecule has 0 aliphatic heterocycles. The van der Waals surface area contributed by atoms with Gasteiger partial charge in [0, 0.05) is 0 Å². The summed E-state index contributed by atoms with van der Waals surface area (Å²) in [6, 6.07) is 8.26. The highest BCUT2D eigenvalue weighted by Gasteiger charge is 2.27. The Balaban J connectivity index is 1.93. The molecule has 1 aromatic carbocycles. The average molecular weight is 252 g/mol. The van der Waals surface area contributed by atoms with Crippen LogP contribution in [0.3, 0.4) is 0 Å². The summed E-state index contributed by atoms with van der Waals surface area (Å²) in [4.78, 5) is 0. The predicted octanol–water partition coefficient (Wildman–Crippen LogP) is 2.52. The number of hydrogen-bond acceptors (Lipinski definition) is 3. The minimum Gasteiger partial charge on any atom is -0.266 e. The first kappa shape index (κ1) is 12.3. The van der Waals surface area contributed by atoms with Crippen molar-refractivity contribution in [3.63, 3.8) is 0 Å². The summed E-state index contributed by atoms with van der Waals surface area (Å²) in [5.41, 5.74) is 3.63. The lowest BCUT2D eigenvalue weighted by Crippen LogP contribution is -2.26. The van der Waals surface area contributed by atoms with Crippen molar-refractivity contribution in [3.05, 3.63) is 41.0 Å². The molecule has 1 aliphatic rings. The fourth-order valence-corrected chi connectivity index (χ4v) is 2.49. The van der Waals surface area contributed by atoms with Crippen molar-refractivity contribution in [2.75, 3.05) is 6.26 Å². The molecule has 0 spiro atoms. The van der Waals surface area contributed by atoms with Crippen LogP contribution in [0, 0.1) is 6.92 Å². The van der Waals surface area contributed by atoms with Gasteiger partial charge in [0.2, 0.25) is 0 Å². The van der Waals surface area contributed by atoms with Crippen LogP contribution in [0.1, 0.15) is 24.0 Å². The van der Waals surface area contributed by atoms with Gasteiger partial charge in [-0.1, -0.05) is 41.5 Å². The molecule has 0 amide bonds. The summed E-state index contributed by atoms with van der Waals surface area (Å²) in [6.07, 6.45) is 4.44. The van der Waals surface area contributed by atoms with E-state index < -0.39 is 10.1 Å². The van der Waals surface area contributed by atoms with Gasteiger partial charge in [-0.3, -0.25) is 4.18 Å². The number of hydrogen-bond donors (Lipinski definition) is 0. The maximum absolute atomic E-state index is 10.9. The number of aryl methyl sites for hydroxylation is 1. The topological polar surface area (TPSA) is 43.4 Å². The zero-order valence-corrected chi connectivity index (χ0v) is 10.8. The van der Waals surface area contributed by atoms with Crippen LogP contribution in [-0.4, -0.2) is 20.8 Å². The Kier molecular flexibility index (Phi) is 3.35. The normalized spacial score (nSPS) is 19.9. The van der Waals surface area contributed by atoms with Gasteiger partial charge in [-0.25, -0.2) is 0 Å². The monoisotopic (exact) mass is 252 g/mol. The fraction of sp³-hybridized carbons (Fsp3) is 0.385. The Hall–Kier alpha value is -1.13. The molecule has 0 radical (unpaired) electrons. The van der Waals surface area contributed by atoms with E-state index in [1.54, 1.807) is 0 Å². The standard InChI is InChI=1S/C13H16O3S/c1-10-3-5-11(6-4-10)7-12-8-13(9-12)16-17(2,14)15/h3-7,13H,8-9H2,1-2H3. The molecular formula is C13H16O3S. The largest absolute Gasteiger partial charge is 0.266 e. The van der Waals surface area contributed by atoms with Crippen LogP contribution in [0.4, 0.5) is 0 Å². The van der Waals surface area contributed by atoms with Crippen molar-refractivity contribution in [1.82, 2.24) is 0 Å². The third-order valence-corrected chi connectivity index (χ3v) is 3.36. The molecule has 1 aliphatic carbocycles. The first-order valence-corrected chi connectivity index (χ1v) is 7.38. The van der Waals surface area contributed by atoms with E-state index in [9.17, 15) is 8.42 Å². The van der Waals surface area contributed by atoms with E-state index in [1.807, 2.05) is 0 Å². The molecule has 1 fully saturated rings. The van der Waals surface area contributed by atoms with Gasteiger partial charge in [-0.05, 0) is 25.3 Å². The van der Waals surface area contributed by atoms with Crippen molar-refractivity contribution in [2.45, 2.75) is 25.9 Å². The van der Waals surface area contributed by atoms with Crippen LogP contribution in [0.25, 0.3) is 6.08 Å². The smallest absolute Gasteiger partial charge is 0.264 e. The molecule has 4 heteroatoms. The summed E-state index contributed by atoms with van der Waals surface area (Å²) in [5.74, 6) is 0. The highest BCUT2D eigenvalue weighted by molar-refractivity contribution is 7.86. The van der Waals surface area contributed by atoms with Gasteiger partial charge in [-0.15, -0.1) is 0 Å². The van der Waals surface area contributed by atoms with Gasteiger partial charge in [0.25, 0.3) is 10.1 Å². The Morgan fingerprint density at radius 2 is 1.82 bits per heavy atom. The van der Waals surface area contributed by atoms with E-state index >= 15 is 0 Å². The predicted molar refractivity (Wildman–Crippen MR) is 68.1 cm³/mol. The van der Waals surface area contributed by atoms with Crippen LogP contribution in [0.5, 0.6) is 0 Å². The quantitative estimate of drug-likeness (QED) is 0.776. The van der Waals surface area contributed by atoms with Crippen molar-refractivity contribution in [1.29, 1.82) is 0 Å². The van der Waals surface area contributed by atoms with Crippen molar-refractivity contribution in [2.24, 2.45) is 0 Å². The molecule has 0 unspecified atom stereocenters. The number of rotatable bonds is 3. The van der Waals surface area contributed by atoms with Crippen LogP contribution in [-0.2, 0) is 14.3 Å². The fourth-order valence-electron chi connectivity index (χ4n) is 1.86. The van der Waals surface area contributed by atoms with Crippen molar-refractivity contribution < 1.29 is 12.6 Å². The SMILES string of the molecule is Cc1ccc(C=C2CC(OS(C)(=O)=O)C2)cc1. The Morgan fingerprint density at radius 1 is 1.24 bits per heavy atom. The molecule has 0 saturated heterocycles. The van der Waals surface area contributed by atoms with Gasteiger partial charge >= 0.3 is 0 Å². The molecule has 2 rings (SSSR count). The first-order chi connectivity index (χ1) is 7.92. The summed E-state index contributed by atoms with van der Waals surface area (Å²) < 4.78 is 26.7. The van der Waals surface area contributed by atoms with E-state index in [-0.39, 0.29) is 6.10 Å². The van der Waals surface area contributed by atoms with Gasteiger partial charge in [0.05, 0.1) is 12.4 Å². The third kappa shape index (κ3) is 3.68. The molecule has 3 nitrogen and oxygen atoms in total. The molecular weight excluding hydrogens is 236 g/mol. The maximum atomic E-state index is 10.9. The summed E-state index contributed by atoms with van der Waals surface area (Å²) in [5, 5.41) is 0. The molecule has 0 aromatic heterocycles. The lowest BCUT2D eigenvalue weighted by molar-refractivity contribution is 0.173. The molecule has 1 aromatic rings. The van der Waals surface area contributed by atoms with E-state index in [4.69, 9.17) is 4.18 Å². The van der Waals surface area contributed by atoms with Crippen LogP contribution in [0.15, 0.2) is 29.8 Å². The zero-order valence-electron chi connectivity index (χ0n) is 10.0. The Bertz CT molecular complexity index is 518. The average Bonchev–Trinajstić information content (AvgIpc) is 2.16. The van der Waals surface area contributed by atoms with Gasteiger partial charge < -0.3 is 0 Å². The van der Waals surface area contributed by atoms with E-state index in [0.29, 0.717) is 12.8 Å². The highest BCUT2D eigenvalue weighted by atomic mass is 32.2. The minimum absolute atomic E-state index is 0.165. The lowest BCUT2D eigenvalue weighted by atomic mass is 9.87. The molecule has 1 saturated carbocycles. The lowest BCUT2D eigenvalue weighted by Gasteiger charge is -2.28. The van der Waals surface area contributed by atoms with Gasteiger partial charge in [0.15, 0.2) is 0 Å².